The van der Waals surface area contributed by atoms with Gasteiger partial charge in [0.2, 0.25) is 0 Å². The van der Waals surface area contributed by atoms with Gasteiger partial charge in [-0.25, -0.2) is 0 Å². The molecule has 6 nitrogen and oxygen atoms in total. The molecule has 3 aliphatic carbocycles. The summed E-state index contributed by atoms with van der Waals surface area (Å²) in [5.41, 5.74) is 6.72. The molecule has 5 unspecified atom stereocenters. The Labute approximate surface area is 244 Å². The van der Waals surface area contributed by atoms with E-state index in [0.717, 1.165) is 76.5 Å². The maximum Gasteiger partial charge on any atom is 0.128 e. The molecule has 0 aromatic heterocycles. The van der Waals surface area contributed by atoms with Crippen LogP contribution in [0.15, 0.2) is 96.0 Å². The first-order chi connectivity index (χ1) is 20.7. The first-order valence-electron chi connectivity index (χ1n) is 14.6. The van der Waals surface area contributed by atoms with E-state index in [2.05, 4.69) is 54.0 Å². The van der Waals surface area contributed by atoms with E-state index < -0.39 is 0 Å². The highest BCUT2D eigenvalue weighted by Crippen LogP contribution is 2.33. The van der Waals surface area contributed by atoms with Crippen LogP contribution in [-0.2, 0) is 25.4 Å². The zero-order chi connectivity index (χ0) is 27.9. The molecule has 2 heterocycles. The van der Waals surface area contributed by atoms with E-state index in [1.807, 2.05) is 42.5 Å². The minimum Gasteiger partial charge on any atom is -0.458 e. The van der Waals surface area contributed by atoms with Crippen LogP contribution in [0.4, 0.5) is 0 Å². The molecule has 5 aliphatic rings. The molecule has 0 amide bonds. The lowest BCUT2D eigenvalue weighted by molar-refractivity contribution is 0.0611. The van der Waals surface area contributed by atoms with Crippen LogP contribution in [0, 0.1) is 17.8 Å². The third-order valence-electron chi connectivity index (χ3n) is 8.00. The minimum absolute atomic E-state index is 0.0475. The summed E-state index contributed by atoms with van der Waals surface area (Å²) in [6.45, 7) is 2.83. The predicted octanol–water partition coefficient (Wildman–Crippen LogP) is 6.04. The van der Waals surface area contributed by atoms with E-state index in [0.29, 0.717) is 13.2 Å². The molecule has 0 radical (unpaired) electrons. The number of fused-ring (bicyclic) bond motifs is 3. The highest BCUT2D eigenvalue weighted by atomic mass is 16.6. The van der Waals surface area contributed by atoms with Crippen molar-refractivity contribution >= 4 is 10.8 Å². The Morgan fingerprint density at radius 1 is 0.786 bits per heavy atom. The first-order valence-corrected chi connectivity index (χ1v) is 14.6. The summed E-state index contributed by atoms with van der Waals surface area (Å²) in [6.07, 6.45) is 10.3. The molecule has 3 aromatic carbocycles. The molecule has 2 saturated heterocycles. The molecule has 2 aliphatic heterocycles. The summed E-state index contributed by atoms with van der Waals surface area (Å²) < 4.78 is 35.0. The molecular formula is C36H30O6. The summed E-state index contributed by atoms with van der Waals surface area (Å²) in [6, 6.07) is 18.3. The molecule has 6 heteroatoms. The lowest BCUT2D eigenvalue weighted by Crippen LogP contribution is -2.21. The molecule has 5 atom stereocenters. The van der Waals surface area contributed by atoms with Crippen molar-refractivity contribution in [2.75, 3.05) is 26.4 Å². The Morgan fingerprint density at radius 3 is 2.33 bits per heavy atom. The highest BCUT2D eigenvalue weighted by Gasteiger charge is 2.28. The number of ether oxygens (including phenoxy) is 6. The van der Waals surface area contributed by atoms with Gasteiger partial charge < -0.3 is 28.4 Å². The topological polar surface area (TPSA) is 62.0 Å². The molecule has 3 aromatic rings. The second-order valence-electron chi connectivity index (χ2n) is 11.3. The Balaban J connectivity index is 0.942. The van der Waals surface area contributed by atoms with E-state index in [9.17, 15) is 0 Å². The number of rotatable bonds is 10. The number of hydrogen-bond acceptors (Lipinski definition) is 6. The van der Waals surface area contributed by atoms with E-state index in [1.165, 1.54) is 0 Å². The molecule has 8 rings (SSSR count). The van der Waals surface area contributed by atoms with Crippen molar-refractivity contribution in [1.29, 1.82) is 0 Å². The summed E-state index contributed by atoms with van der Waals surface area (Å²) in [7, 11) is 0. The van der Waals surface area contributed by atoms with Crippen LogP contribution in [0.1, 0.15) is 17.5 Å². The Bertz CT molecular complexity index is 1720. The predicted molar refractivity (Wildman–Crippen MR) is 158 cm³/mol. The fourth-order valence-electron chi connectivity index (χ4n) is 5.50. The zero-order valence-corrected chi connectivity index (χ0v) is 23.1. The van der Waals surface area contributed by atoms with E-state index in [4.69, 9.17) is 28.4 Å². The third kappa shape index (κ3) is 5.93. The zero-order valence-electron chi connectivity index (χ0n) is 23.1. The highest BCUT2D eigenvalue weighted by molar-refractivity contribution is 5.85. The van der Waals surface area contributed by atoms with Crippen molar-refractivity contribution in [3.05, 3.63) is 107 Å². The Kier molecular flexibility index (Phi) is 6.69. The van der Waals surface area contributed by atoms with Crippen LogP contribution in [0.25, 0.3) is 10.8 Å². The maximum absolute atomic E-state index is 6.31. The van der Waals surface area contributed by atoms with Gasteiger partial charge in [-0.05, 0) is 89.5 Å². The van der Waals surface area contributed by atoms with Crippen molar-refractivity contribution in [3.8, 4) is 29.1 Å². The fraction of sp³-hybridized carbons (Fsp3) is 0.306. The van der Waals surface area contributed by atoms with Gasteiger partial charge in [0.05, 0.1) is 32.5 Å². The average Bonchev–Trinajstić information content (AvgIpc) is 3.94. The van der Waals surface area contributed by atoms with Gasteiger partial charge in [-0.15, -0.1) is 5.73 Å². The van der Waals surface area contributed by atoms with Crippen LogP contribution in [0.5, 0.6) is 17.2 Å². The minimum atomic E-state index is -0.112. The van der Waals surface area contributed by atoms with E-state index in [-0.39, 0.29) is 30.3 Å². The lowest BCUT2D eigenvalue weighted by Gasteiger charge is -2.25. The lowest BCUT2D eigenvalue weighted by atomic mass is 9.86. The number of benzene rings is 3. The maximum atomic E-state index is 6.31. The molecule has 0 N–H and O–H groups in total. The van der Waals surface area contributed by atoms with Crippen LogP contribution in [0.2, 0.25) is 0 Å². The van der Waals surface area contributed by atoms with Crippen molar-refractivity contribution in [2.24, 2.45) is 5.92 Å². The van der Waals surface area contributed by atoms with Gasteiger partial charge in [0.15, 0.2) is 0 Å². The smallest absolute Gasteiger partial charge is 0.128 e. The average molecular weight is 559 g/mol. The third-order valence-corrected chi connectivity index (χ3v) is 8.00. The van der Waals surface area contributed by atoms with E-state index >= 15 is 0 Å². The molecule has 2 fully saturated rings. The van der Waals surface area contributed by atoms with Crippen LogP contribution >= 0.6 is 0 Å². The Hall–Kier alpha value is -4.08. The number of epoxide rings is 2. The largest absolute Gasteiger partial charge is 0.458 e. The van der Waals surface area contributed by atoms with Crippen molar-refractivity contribution in [1.82, 2.24) is 0 Å². The van der Waals surface area contributed by atoms with Gasteiger partial charge in [0.1, 0.15) is 41.3 Å². The molecule has 42 heavy (non-hydrogen) atoms. The summed E-state index contributed by atoms with van der Waals surface area (Å²) in [4.78, 5) is 0. The SMILES string of the molecule is C1=CC(OCC2CO2)CC2C=C(Oc3ccc4ccc(Oc5ccc6c(c5)CC(OCC5CO5)C#C6)cc4c3)C=CC=12. The van der Waals surface area contributed by atoms with Crippen molar-refractivity contribution in [2.45, 2.75) is 37.3 Å². The summed E-state index contributed by atoms with van der Waals surface area (Å²) >= 11 is 0. The molecule has 0 spiro atoms. The molecule has 0 bridgehead atoms. The Morgan fingerprint density at radius 2 is 1.52 bits per heavy atom. The standard InChI is InChI=1S/C36H30O6/c1-7-29(37-19-35-21-39-35)13-26-15-31(9-3-23(1)26)41-33-11-5-25-6-12-34(18-28(25)17-33)42-32-10-4-24-2-8-30(14-27(24)16-32)38-20-36-22-40-36/h3-7,9-12,15-18,26,29-30,35-36H,13-14,19-22H2. The van der Waals surface area contributed by atoms with Crippen molar-refractivity contribution in [3.63, 3.8) is 0 Å². The van der Waals surface area contributed by atoms with E-state index in [1.54, 1.807) is 0 Å². The molecule has 210 valence electrons. The summed E-state index contributed by atoms with van der Waals surface area (Å²) in [5.74, 6) is 9.81. The molecular weight excluding hydrogens is 528 g/mol. The molecule has 0 saturated carbocycles. The monoisotopic (exact) mass is 558 g/mol. The van der Waals surface area contributed by atoms with Gasteiger partial charge in [-0.2, -0.15) is 0 Å². The van der Waals surface area contributed by atoms with Gasteiger partial charge in [-0.1, -0.05) is 24.0 Å². The van der Waals surface area contributed by atoms with Gasteiger partial charge in [0.25, 0.3) is 0 Å². The first kappa shape index (κ1) is 25.6. The number of allylic oxidation sites excluding steroid dienone is 3. The number of hydrogen-bond donors (Lipinski definition) is 0. The van der Waals surface area contributed by atoms with Crippen molar-refractivity contribution < 1.29 is 28.4 Å². The van der Waals surface area contributed by atoms with Crippen LogP contribution in [-0.4, -0.2) is 50.8 Å². The fourth-order valence-corrected chi connectivity index (χ4v) is 5.50. The van der Waals surface area contributed by atoms with Gasteiger partial charge >= 0.3 is 0 Å². The second kappa shape index (κ2) is 11.0. The van der Waals surface area contributed by atoms with Gasteiger partial charge in [0, 0.05) is 23.5 Å². The van der Waals surface area contributed by atoms with Gasteiger partial charge in [-0.3, -0.25) is 0 Å². The summed E-state index contributed by atoms with van der Waals surface area (Å²) in [5, 5.41) is 2.16. The van der Waals surface area contributed by atoms with Crippen LogP contribution in [0.3, 0.4) is 0 Å². The second-order valence-corrected chi connectivity index (χ2v) is 11.3. The quantitative estimate of drug-likeness (QED) is 0.172. The normalized spacial score (nSPS) is 26.3. The van der Waals surface area contributed by atoms with Crippen LogP contribution < -0.4 is 9.47 Å².